The number of carbonyl (C=O) groups is 2. The number of hydrogen-bond donors (Lipinski definition) is 0. The van der Waals surface area contributed by atoms with Crippen molar-refractivity contribution in [3.8, 4) is 11.5 Å². The summed E-state index contributed by atoms with van der Waals surface area (Å²) in [6.07, 6.45) is 1.52. The molecular weight excluding hydrogens is 570 g/mol. The number of amides is 2. The van der Waals surface area contributed by atoms with E-state index in [1.165, 1.54) is 0 Å². The van der Waals surface area contributed by atoms with Gasteiger partial charge in [-0.25, -0.2) is 14.7 Å². The Balaban J connectivity index is 1.43. The molecule has 5 aliphatic heterocycles. The fraction of sp³-hybridized carbons (Fsp3) is 0.528. The molecule has 0 unspecified atom stereocenters. The normalized spacial score (nSPS) is 29.1. The van der Waals surface area contributed by atoms with E-state index >= 15 is 0 Å². The number of allylic oxidation sites excluding steroid dienone is 1. The lowest BCUT2D eigenvalue weighted by Gasteiger charge is -2.58. The first-order chi connectivity index (χ1) is 21.3. The zero-order valence-corrected chi connectivity index (χ0v) is 27.5. The Morgan fingerprint density at radius 2 is 1.80 bits per heavy atom. The Hall–Kier alpha value is -4.01. The number of methoxy groups -OCH3 is 2. The van der Waals surface area contributed by atoms with Crippen molar-refractivity contribution in [2.75, 3.05) is 25.7 Å². The Morgan fingerprint density at radius 1 is 1.07 bits per heavy atom. The Bertz CT molecular complexity index is 1660. The molecule has 0 aromatic heterocycles. The second kappa shape index (κ2) is 9.74. The predicted octanol–water partition coefficient (Wildman–Crippen LogP) is 6.29. The highest BCUT2D eigenvalue weighted by atomic mass is 16.6. The molecule has 8 rings (SSSR count). The topological polar surface area (TPSA) is 89.9 Å². The zero-order chi connectivity index (χ0) is 32.1. The van der Waals surface area contributed by atoms with Crippen LogP contribution in [-0.2, 0) is 27.3 Å². The van der Waals surface area contributed by atoms with Gasteiger partial charge in [-0.3, -0.25) is 4.79 Å². The first-order valence-corrected chi connectivity index (χ1v) is 15.9. The minimum absolute atomic E-state index is 0.0179. The van der Waals surface area contributed by atoms with Gasteiger partial charge in [0.1, 0.15) is 23.4 Å². The van der Waals surface area contributed by atoms with Crippen LogP contribution in [0, 0.1) is 17.3 Å². The van der Waals surface area contributed by atoms with E-state index in [2.05, 4.69) is 20.8 Å². The molecular formula is C36H43N3O6. The molecule has 4 atom stereocenters. The van der Waals surface area contributed by atoms with E-state index in [0.717, 1.165) is 28.8 Å². The minimum Gasteiger partial charge on any atom is -0.491 e. The highest BCUT2D eigenvalue weighted by Crippen LogP contribution is 2.68. The maximum absolute atomic E-state index is 14.8. The highest BCUT2D eigenvalue weighted by Gasteiger charge is 2.76. The van der Waals surface area contributed by atoms with Gasteiger partial charge in [-0.15, -0.1) is 0 Å². The van der Waals surface area contributed by atoms with Gasteiger partial charge in [-0.1, -0.05) is 57.2 Å². The highest BCUT2D eigenvalue weighted by molar-refractivity contribution is 6.08. The summed E-state index contributed by atoms with van der Waals surface area (Å²) in [6.45, 7) is 13.1. The Labute approximate surface area is 265 Å². The third-order valence-electron chi connectivity index (χ3n) is 10.8. The number of piperidine rings is 1. The number of fused-ring (bicyclic) bond motifs is 1. The van der Waals surface area contributed by atoms with E-state index in [0.29, 0.717) is 49.1 Å². The lowest BCUT2D eigenvalue weighted by atomic mass is 9.59. The summed E-state index contributed by atoms with van der Waals surface area (Å²) >= 11 is 0. The monoisotopic (exact) mass is 613 g/mol. The molecule has 9 heteroatoms. The van der Waals surface area contributed by atoms with Gasteiger partial charge in [0.15, 0.2) is 17.0 Å². The van der Waals surface area contributed by atoms with E-state index in [9.17, 15) is 9.59 Å². The van der Waals surface area contributed by atoms with E-state index < -0.39 is 28.2 Å². The third-order valence-corrected chi connectivity index (χ3v) is 10.8. The van der Waals surface area contributed by atoms with Gasteiger partial charge in [0.2, 0.25) is 5.90 Å². The van der Waals surface area contributed by atoms with Gasteiger partial charge in [-0.2, -0.15) is 0 Å². The van der Waals surface area contributed by atoms with Crippen molar-refractivity contribution in [1.82, 2.24) is 4.90 Å². The number of rotatable bonds is 4. The summed E-state index contributed by atoms with van der Waals surface area (Å²) in [5, 5.41) is 0. The molecule has 2 aromatic rings. The van der Waals surface area contributed by atoms with E-state index in [4.69, 9.17) is 23.9 Å². The number of nitrogens with zero attached hydrogens (tertiary/aromatic N) is 3. The van der Waals surface area contributed by atoms with Gasteiger partial charge in [0, 0.05) is 30.0 Å². The van der Waals surface area contributed by atoms with Gasteiger partial charge in [0.05, 0.1) is 14.2 Å². The molecule has 2 fully saturated rings. The average Bonchev–Trinajstić information content (AvgIpc) is 3.44. The molecule has 1 aliphatic carbocycles. The minimum atomic E-state index is -1.16. The lowest BCUT2D eigenvalue weighted by Crippen LogP contribution is -2.74. The summed E-state index contributed by atoms with van der Waals surface area (Å²) in [7, 11) is 3.25. The Kier molecular flexibility index (Phi) is 6.43. The summed E-state index contributed by atoms with van der Waals surface area (Å²) in [4.78, 5) is 38.2. The molecule has 9 nitrogen and oxygen atoms in total. The molecule has 2 bridgehead atoms. The van der Waals surface area contributed by atoms with Crippen LogP contribution in [0.1, 0.15) is 65.5 Å². The van der Waals surface area contributed by atoms with Crippen molar-refractivity contribution in [3.05, 3.63) is 64.9 Å². The van der Waals surface area contributed by atoms with E-state index in [-0.39, 0.29) is 17.7 Å². The van der Waals surface area contributed by atoms with Crippen molar-refractivity contribution >= 4 is 23.6 Å². The second-order valence-corrected chi connectivity index (χ2v) is 14.6. The van der Waals surface area contributed by atoms with Crippen molar-refractivity contribution in [3.63, 3.8) is 0 Å². The molecule has 0 saturated carbocycles. The van der Waals surface area contributed by atoms with Crippen LogP contribution in [0.4, 0.5) is 10.5 Å². The van der Waals surface area contributed by atoms with Crippen LogP contribution in [0.25, 0.3) is 0 Å². The molecule has 5 heterocycles. The molecule has 2 spiro atoms. The number of ether oxygens (including phenoxy) is 4. The van der Waals surface area contributed by atoms with Crippen molar-refractivity contribution < 1.29 is 28.5 Å². The van der Waals surface area contributed by atoms with Gasteiger partial charge in [-0.05, 0) is 62.3 Å². The van der Waals surface area contributed by atoms with Gasteiger partial charge < -0.3 is 23.8 Å². The zero-order valence-electron chi connectivity index (χ0n) is 27.5. The summed E-state index contributed by atoms with van der Waals surface area (Å²) in [5.41, 5.74) is 0.919. The first kappa shape index (κ1) is 29.7. The molecule has 6 aliphatic rings. The molecule has 238 valence electrons. The molecule has 45 heavy (non-hydrogen) atoms. The van der Waals surface area contributed by atoms with Crippen LogP contribution in [0.2, 0.25) is 0 Å². The predicted molar refractivity (Wildman–Crippen MR) is 170 cm³/mol. The second-order valence-electron chi connectivity index (χ2n) is 14.6. The smallest absolute Gasteiger partial charge is 0.419 e. The third kappa shape index (κ3) is 3.88. The molecule has 2 aromatic carbocycles. The number of aliphatic imine (C=N–C) groups is 1. The maximum Gasteiger partial charge on any atom is 0.419 e. The van der Waals surface area contributed by atoms with Crippen molar-refractivity contribution in [1.29, 1.82) is 0 Å². The van der Waals surface area contributed by atoms with Gasteiger partial charge >= 0.3 is 6.09 Å². The quantitative estimate of drug-likeness (QED) is 0.403. The number of carbonyl (C=O) groups excluding carboxylic acids is 2. The van der Waals surface area contributed by atoms with Crippen molar-refractivity contribution in [2.24, 2.45) is 22.2 Å². The summed E-state index contributed by atoms with van der Waals surface area (Å²) in [6, 6.07) is 13.8. The molecule has 2 saturated heterocycles. The first-order valence-electron chi connectivity index (χ1n) is 15.9. The number of benzene rings is 2. The maximum atomic E-state index is 14.8. The van der Waals surface area contributed by atoms with Gasteiger partial charge in [0.25, 0.3) is 5.91 Å². The lowest BCUT2D eigenvalue weighted by molar-refractivity contribution is -0.152. The van der Waals surface area contributed by atoms with E-state index in [1.54, 1.807) is 19.1 Å². The summed E-state index contributed by atoms with van der Waals surface area (Å²) < 4.78 is 24.5. The Morgan fingerprint density at radius 3 is 2.47 bits per heavy atom. The van der Waals surface area contributed by atoms with Crippen LogP contribution in [0.5, 0.6) is 11.5 Å². The fourth-order valence-electron chi connectivity index (χ4n) is 8.83. The number of anilines is 1. The van der Waals surface area contributed by atoms with E-state index in [1.807, 2.05) is 68.1 Å². The van der Waals surface area contributed by atoms with Crippen LogP contribution in [-0.4, -0.2) is 60.2 Å². The van der Waals surface area contributed by atoms with Crippen LogP contribution in [0.3, 0.4) is 0 Å². The standard InChI is InChI=1S/C36H43N3O6/c1-21-16-17-38-31(40)36-24-18-23-14-15-25(44-20-22-12-10-9-11-13-22)28(42-7)27(23)39(32(41)45-33(2,3)4)29(24)34(5,6)26(36)19-35(21,38)30(37-36)43-8/h9-15,21,26H,16-20H2,1-8H3/t21-,26-,35+,36-/m0/s1. The van der Waals surface area contributed by atoms with Crippen LogP contribution < -0.4 is 14.4 Å². The number of hydrogen-bond acceptors (Lipinski definition) is 7. The van der Waals surface area contributed by atoms with Crippen LogP contribution in [0.15, 0.2) is 58.7 Å². The molecule has 0 N–H and O–H groups in total. The molecule has 0 radical (unpaired) electrons. The fourth-order valence-corrected chi connectivity index (χ4v) is 8.83. The SMILES string of the molecule is COC1=N[C@]23C(=O)N4CC[C@H](C)[C@]14C[C@H]2C(C)(C)C1=C3Cc2ccc(OCc3ccccc3)c(OC)c2N1C(=O)OC(C)(C)C. The summed E-state index contributed by atoms with van der Waals surface area (Å²) in [5.74, 6) is 1.66. The van der Waals surface area contributed by atoms with Crippen LogP contribution >= 0.6 is 0 Å². The van der Waals surface area contributed by atoms with Crippen molar-refractivity contribution in [2.45, 2.75) is 84.1 Å². The molecule has 2 amide bonds. The average molecular weight is 614 g/mol. The largest absolute Gasteiger partial charge is 0.491 e.